The Morgan fingerprint density at radius 3 is 2.83 bits per heavy atom. The second-order valence-electron chi connectivity index (χ2n) is 5.70. The van der Waals surface area contributed by atoms with Crippen LogP contribution < -0.4 is 4.74 Å². The molecule has 0 aliphatic carbocycles. The number of piperidine rings is 1. The van der Waals surface area contributed by atoms with Crippen molar-refractivity contribution in [3.05, 3.63) is 24.0 Å². The number of halogens is 1. The Labute approximate surface area is 141 Å². The molecule has 1 aliphatic heterocycles. The molecule has 1 fully saturated rings. The number of aromatic amines is 1. The van der Waals surface area contributed by atoms with Crippen LogP contribution in [0.2, 0.25) is 0 Å². The van der Waals surface area contributed by atoms with Crippen LogP contribution in [0.4, 0.5) is 0 Å². The van der Waals surface area contributed by atoms with Crippen LogP contribution in [0.5, 0.6) is 5.75 Å². The third kappa shape index (κ3) is 4.59. The third-order valence-corrected chi connectivity index (χ3v) is 4.01. The number of H-pyrrole nitrogens is 1. The highest BCUT2D eigenvalue weighted by atomic mass is 35.5. The fraction of sp³-hybridized carbons (Fsp3) is 0.500. The molecular weight excluding hydrogens is 318 g/mol. The minimum atomic E-state index is -0.984. The van der Waals surface area contributed by atoms with Gasteiger partial charge in [-0.25, -0.2) is 9.78 Å². The number of nitrogens with zero attached hydrogens (tertiary/aromatic N) is 2. The summed E-state index contributed by atoms with van der Waals surface area (Å²) in [5, 5.41) is 9.71. The summed E-state index contributed by atoms with van der Waals surface area (Å²) < 4.78 is 5.72. The summed E-state index contributed by atoms with van der Waals surface area (Å²) >= 11 is 0. The van der Waals surface area contributed by atoms with E-state index < -0.39 is 5.97 Å². The van der Waals surface area contributed by atoms with Gasteiger partial charge in [-0.05, 0) is 44.5 Å². The Morgan fingerprint density at radius 2 is 2.09 bits per heavy atom. The molecule has 3 rings (SSSR count). The molecule has 23 heavy (non-hydrogen) atoms. The first kappa shape index (κ1) is 17.6. The molecule has 2 aromatic heterocycles. The summed E-state index contributed by atoms with van der Waals surface area (Å²) in [4.78, 5) is 20.4. The minimum absolute atomic E-state index is 0. The molecule has 0 radical (unpaired) electrons. The number of aromatic nitrogens is 2. The Balaban J connectivity index is 0.00000192. The van der Waals surface area contributed by atoms with E-state index in [1.165, 1.54) is 32.4 Å². The normalized spacial score (nSPS) is 15.3. The zero-order valence-corrected chi connectivity index (χ0v) is 13.8. The maximum atomic E-state index is 10.9. The third-order valence-electron chi connectivity index (χ3n) is 4.01. The van der Waals surface area contributed by atoms with E-state index in [0.29, 0.717) is 18.0 Å². The maximum Gasteiger partial charge on any atom is 0.352 e. The van der Waals surface area contributed by atoms with Gasteiger partial charge < -0.3 is 19.7 Å². The molecule has 6 nitrogen and oxygen atoms in total. The van der Waals surface area contributed by atoms with E-state index in [-0.39, 0.29) is 18.1 Å². The number of fused-ring (bicyclic) bond motifs is 1. The van der Waals surface area contributed by atoms with Crippen LogP contribution in [0, 0.1) is 0 Å². The second-order valence-corrected chi connectivity index (χ2v) is 5.70. The average Bonchev–Trinajstić information content (AvgIpc) is 2.96. The van der Waals surface area contributed by atoms with Crippen LogP contribution >= 0.6 is 12.4 Å². The lowest BCUT2D eigenvalue weighted by molar-refractivity contribution is 0.0691. The van der Waals surface area contributed by atoms with Gasteiger partial charge in [0.05, 0.1) is 12.8 Å². The number of rotatable bonds is 6. The van der Waals surface area contributed by atoms with E-state index in [0.717, 1.165) is 18.4 Å². The number of ether oxygens (including phenoxy) is 1. The Morgan fingerprint density at radius 1 is 1.30 bits per heavy atom. The molecule has 126 valence electrons. The lowest BCUT2D eigenvalue weighted by Crippen LogP contribution is -2.31. The highest BCUT2D eigenvalue weighted by Crippen LogP contribution is 2.19. The van der Waals surface area contributed by atoms with Gasteiger partial charge >= 0.3 is 5.97 Å². The van der Waals surface area contributed by atoms with Crippen LogP contribution in [0.15, 0.2) is 18.3 Å². The van der Waals surface area contributed by atoms with E-state index in [1.807, 2.05) is 6.07 Å². The molecule has 1 saturated heterocycles. The number of aromatic carboxylic acids is 1. The van der Waals surface area contributed by atoms with Crippen molar-refractivity contribution in [2.45, 2.75) is 25.7 Å². The highest BCUT2D eigenvalue weighted by molar-refractivity contribution is 5.92. The van der Waals surface area contributed by atoms with E-state index in [1.54, 1.807) is 12.3 Å². The van der Waals surface area contributed by atoms with Crippen molar-refractivity contribution in [3.8, 4) is 5.75 Å². The molecule has 1 aliphatic rings. The van der Waals surface area contributed by atoms with Crippen molar-refractivity contribution in [1.29, 1.82) is 0 Å². The molecule has 0 atom stereocenters. The number of carbonyl (C=O) groups is 1. The van der Waals surface area contributed by atoms with Crippen molar-refractivity contribution in [3.63, 3.8) is 0 Å². The lowest BCUT2D eigenvalue weighted by atomic mass is 10.1. The summed E-state index contributed by atoms with van der Waals surface area (Å²) in [7, 11) is 0. The number of pyridine rings is 1. The Kier molecular flexibility index (Phi) is 6.24. The highest BCUT2D eigenvalue weighted by Gasteiger charge is 2.10. The number of nitrogens with one attached hydrogen (secondary N) is 1. The molecule has 0 saturated carbocycles. The van der Waals surface area contributed by atoms with Gasteiger partial charge in [0.25, 0.3) is 0 Å². The van der Waals surface area contributed by atoms with E-state index in [2.05, 4.69) is 14.9 Å². The molecule has 0 spiro atoms. The molecule has 0 unspecified atom stereocenters. The summed E-state index contributed by atoms with van der Waals surface area (Å²) in [6.07, 6.45) is 6.59. The number of likely N-dealkylation sites (tertiary alicyclic amines) is 1. The average molecular weight is 340 g/mol. The summed E-state index contributed by atoms with van der Waals surface area (Å²) in [5.74, 6) is -0.302. The lowest BCUT2D eigenvalue weighted by Gasteiger charge is -2.26. The Hall–Kier alpha value is -1.79. The smallest absolute Gasteiger partial charge is 0.352 e. The number of hydrogen-bond donors (Lipinski definition) is 2. The van der Waals surface area contributed by atoms with Gasteiger partial charge in [-0.1, -0.05) is 6.42 Å². The van der Waals surface area contributed by atoms with E-state index in [9.17, 15) is 4.79 Å². The van der Waals surface area contributed by atoms with Crippen LogP contribution in [0.1, 0.15) is 36.2 Å². The van der Waals surface area contributed by atoms with Gasteiger partial charge in [0, 0.05) is 11.9 Å². The van der Waals surface area contributed by atoms with E-state index in [4.69, 9.17) is 9.84 Å². The van der Waals surface area contributed by atoms with Crippen LogP contribution in [-0.2, 0) is 0 Å². The van der Waals surface area contributed by atoms with E-state index >= 15 is 0 Å². The predicted molar refractivity (Wildman–Crippen MR) is 90.7 cm³/mol. The Bertz CT molecular complexity index is 653. The second kappa shape index (κ2) is 8.17. The molecule has 0 bridgehead atoms. The summed E-state index contributed by atoms with van der Waals surface area (Å²) in [6.45, 7) is 4.13. The van der Waals surface area contributed by atoms with Crippen LogP contribution in [0.25, 0.3) is 11.0 Å². The minimum Gasteiger partial charge on any atom is -0.492 e. The van der Waals surface area contributed by atoms with Gasteiger partial charge in [0.2, 0.25) is 0 Å². The summed E-state index contributed by atoms with van der Waals surface area (Å²) in [6, 6.07) is 3.40. The fourth-order valence-electron chi connectivity index (χ4n) is 2.85. The first-order valence-corrected chi connectivity index (χ1v) is 7.79. The zero-order chi connectivity index (χ0) is 15.4. The number of carboxylic acid groups (broad SMARTS) is 1. The molecule has 2 N–H and O–H groups in total. The van der Waals surface area contributed by atoms with Crippen LogP contribution in [-0.4, -0.2) is 52.2 Å². The van der Waals surface area contributed by atoms with Gasteiger partial charge in [0.15, 0.2) is 0 Å². The molecule has 0 aromatic carbocycles. The van der Waals surface area contributed by atoms with Crippen molar-refractivity contribution in [2.75, 3.05) is 26.2 Å². The van der Waals surface area contributed by atoms with Crippen molar-refractivity contribution in [1.82, 2.24) is 14.9 Å². The SMILES string of the molecule is Cl.O=C(O)c1cc2cc(OCCCN3CCCCC3)cnc2[nH]1. The van der Waals surface area contributed by atoms with Gasteiger partial charge in [-0.2, -0.15) is 0 Å². The van der Waals surface area contributed by atoms with Crippen LogP contribution in [0.3, 0.4) is 0 Å². The van der Waals surface area contributed by atoms with Gasteiger partial charge in [-0.15, -0.1) is 12.4 Å². The molecule has 2 aromatic rings. The quantitative estimate of drug-likeness (QED) is 0.791. The molecular formula is C16H22ClN3O3. The van der Waals surface area contributed by atoms with Gasteiger partial charge in [0.1, 0.15) is 17.1 Å². The molecule has 7 heteroatoms. The first-order chi connectivity index (χ1) is 10.7. The number of hydrogen-bond acceptors (Lipinski definition) is 4. The molecule has 3 heterocycles. The van der Waals surface area contributed by atoms with Crippen molar-refractivity contribution in [2.24, 2.45) is 0 Å². The van der Waals surface area contributed by atoms with Crippen molar-refractivity contribution >= 4 is 29.4 Å². The predicted octanol–water partition coefficient (Wildman–Crippen LogP) is 2.94. The maximum absolute atomic E-state index is 10.9. The topological polar surface area (TPSA) is 78.5 Å². The first-order valence-electron chi connectivity index (χ1n) is 7.79. The number of carboxylic acids is 1. The zero-order valence-electron chi connectivity index (χ0n) is 13.0. The monoisotopic (exact) mass is 339 g/mol. The van der Waals surface area contributed by atoms with Gasteiger partial charge in [-0.3, -0.25) is 0 Å². The fourth-order valence-corrected chi connectivity index (χ4v) is 2.85. The molecule has 0 amide bonds. The van der Waals surface area contributed by atoms with Crippen molar-refractivity contribution < 1.29 is 14.6 Å². The summed E-state index contributed by atoms with van der Waals surface area (Å²) in [5.41, 5.74) is 0.711. The standard InChI is InChI=1S/C16H21N3O3.ClH/c20-16(21)14-10-12-9-13(11-17-15(12)18-14)22-8-4-7-19-5-2-1-3-6-19;/h9-11H,1-8H2,(H,17,18)(H,20,21);1H. The largest absolute Gasteiger partial charge is 0.492 e.